The molecular weight excluding hydrogens is 294 g/mol. The Hall–Kier alpha value is -1.36. The molecule has 0 aliphatic carbocycles. The van der Waals surface area contributed by atoms with E-state index in [0.717, 1.165) is 16.0 Å². The second-order valence-corrected chi connectivity index (χ2v) is 6.16. The molecule has 3 nitrogen and oxygen atoms in total. The van der Waals surface area contributed by atoms with Crippen molar-refractivity contribution in [2.24, 2.45) is 5.73 Å². The maximum Gasteiger partial charge on any atom is 0.120 e. The average Bonchev–Trinajstić information content (AvgIpc) is 2.49. The van der Waals surface area contributed by atoms with E-state index in [2.05, 4.69) is 0 Å². The van der Waals surface area contributed by atoms with Crippen LogP contribution in [0.1, 0.15) is 11.1 Å². The van der Waals surface area contributed by atoms with Crippen LogP contribution in [0.15, 0.2) is 47.4 Å². The molecule has 0 heterocycles. The summed E-state index contributed by atoms with van der Waals surface area (Å²) in [6, 6.07) is 12.8. The number of halogens is 1. The van der Waals surface area contributed by atoms with Crippen molar-refractivity contribution in [3.63, 3.8) is 0 Å². The second kappa shape index (κ2) is 6.88. The van der Waals surface area contributed by atoms with Crippen molar-refractivity contribution in [3.05, 3.63) is 58.6 Å². The number of hydrogen-bond donors (Lipinski definition) is 1. The Morgan fingerprint density at radius 1 is 1.25 bits per heavy atom. The van der Waals surface area contributed by atoms with Crippen molar-refractivity contribution in [3.8, 4) is 5.75 Å². The molecule has 2 aromatic rings. The van der Waals surface area contributed by atoms with Crippen LogP contribution in [0.4, 0.5) is 0 Å². The van der Waals surface area contributed by atoms with E-state index >= 15 is 0 Å². The molecule has 0 saturated heterocycles. The lowest BCUT2D eigenvalue weighted by Crippen LogP contribution is -2.00. The Kier molecular flexibility index (Phi) is 5.17. The van der Waals surface area contributed by atoms with Crippen molar-refractivity contribution >= 4 is 22.4 Å². The summed E-state index contributed by atoms with van der Waals surface area (Å²) in [6.07, 6.45) is 0. The fourth-order valence-electron chi connectivity index (χ4n) is 1.80. The number of hydrogen-bond acceptors (Lipinski definition) is 3. The molecule has 0 spiro atoms. The summed E-state index contributed by atoms with van der Waals surface area (Å²) in [5, 5.41) is 0.601. The maximum atomic E-state index is 12.4. The van der Waals surface area contributed by atoms with Crippen LogP contribution in [0.25, 0.3) is 0 Å². The average molecular weight is 310 g/mol. The zero-order valence-corrected chi connectivity index (χ0v) is 12.7. The molecule has 0 fully saturated rings. The largest absolute Gasteiger partial charge is 0.497 e. The first-order chi connectivity index (χ1) is 9.63. The van der Waals surface area contributed by atoms with E-state index < -0.39 is 10.8 Å². The zero-order valence-electron chi connectivity index (χ0n) is 11.1. The fraction of sp³-hybridized carbons (Fsp3) is 0.200. The summed E-state index contributed by atoms with van der Waals surface area (Å²) >= 11 is 6.18. The Labute approximate surface area is 126 Å². The SMILES string of the molecule is COc1cccc(S(=O)Cc2ccc(CN)cc2Cl)c1. The van der Waals surface area contributed by atoms with E-state index in [0.29, 0.717) is 23.1 Å². The highest BCUT2D eigenvalue weighted by Gasteiger charge is 2.09. The van der Waals surface area contributed by atoms with Gasteiger partial charge >= 0.3 is 0 Å². The van der Waals surface area contributed by atoms with Crippen LogP contribution in [-0.4, -0.2) is 11.3 Å². The van der Waals surface area contributed by atoms with Crippen molar-refractivity contribution in [1.82, 2.24) is 0 Å². The van der Waals surface area contributed by atoms with Gasteiger partial charge in [-0.2, -0.15) is 0 Å². The molecule has 20 heavy (non-hydrogen) atoms. The number of rotatable bonds is 5. The Balaban J connectivity index is 2.18. The maximum absolute atomic E-state index is 12.4. The van der Waals surface area contributed by atoms with Crippen LogP contribution in [0.2, 0.25) is 5.02 Å². The number of ether oxygens (including phenoxy) is 1. The summed E-state index contributed by atoms with van der Waals surface area (Å²) in [6.45, 7) is 0.443. The summed E-state index contributed by atoms with van der Waals surface area (Å²) < 4.78 is 17.5. The molecular formula is C15H16ClNO2S. The van der Waals surface area contributed by atoms with Crippen LogP contribution >= 0.6 is 11.6 Å². The quantitative estimate of drug-likeness (QED) is 0.923. The highest BCUT2D eigenvalue weighted by atomic mass is 35.5. The molecule has 2 aromatic carbocycles. The Morgan fingerprint density at radius 2 is 2.05 bits per heavy atom. The van der Waals surface area contributed by atoms with Gasteiger partial charge in [-0.1, -0.05) is 29.8 Å². The lowest BCUT2D eigenvalue weighted by atomic mass is 10.1. The molecule has 1 atom stereocenters. The van der Waals surface area contributed by atoms with Gasteiger partial charge in [0.2, 0.25) is 0 Å². The van der Waals surface area contributed by atoms with E-state index in [9.17, 15) is 4.21 Å². The van der Waals surface area contributed by atoms with E-state index in [-0.39, 0.29) is 0 Å². The minimum Gasteiger partial charge on any atom is -0.497 e. The van der Waals surface area contributed by atoms with Crippen molar-refractivity contribution in [2.75, 3.05) is 7.11 Å². The molecule has 0 saturated carbocycles. The fourth-order valence-corrected chi connectivity index (χ4v) is 3.33. The lowest BCUT2D eigenvalue weighted by molar-refractivity contribution is 0.413. The highest BCUT2D eigenvalue weighted by Crippen LogP contribution is 2.23. The van der Waals surface area contributed by atoms with Crippen LogP contribution in [0.5, 0.6) is 5.75 Å². The standard InChI is InChI=1S/C15H16ClNO2S/c1-19-13-3-2-4-14(8-13)20(18)10-12-6-5-11(9-17)7-15(12)16/h2-8H,9-10,17H2,1H3. The molecule has 5 heteroatoms. The van der Waals surface area contributed by atoms with Gasteiger partial charge in [0.25, 0.3) is 0 Å². The Bertz CT molecular complexity index is 631. The minimum absolute atomic E-state index is 0.372. The zero-order chi connectivity index (χ0) is 14.5. The Morgan fingerprint density at radius 3 is 2.70 bits per heavy atom. The highest BCUT2D eigenvalue weighted by molar-refractivity contribution is 7.84. The van der Waals surface area contributed by atoms with E-state index in [4.69, 9.17) is 22.1 Å². The predicted octanol–water partition coefficient (Wildman–Crippen LogP) is 3.12. The number of methoxy groups -OCH3 is 1. The molecule has 1 unspecified atom stereocenters. The number of benzene rings is 2. The molecule has 0 aliphatic rings. The third-order valence-corrected chi connectivity index (χ3v) is 4.65. The third kappa shape index (κ3) is 3.60. The summed E-state index contributed by atoms with van der Waals surface area (Å²) in [5.41, 5.74) is 7.38. The summed E-state index contributed by atoms with van der Waals surface area (Å²) in [7, 11) is 0.427. The van der Waals surface area contributed by atoms with Crippen molar-refractivity contribution in [2.45, 2.75) is 17.2 Å². The molecule has 0 radical (unpaired) electrons. The second-order valence-electron chi connectivity index (χ2n) is 4.30. The van der Waals surface area contributed by atoms with Gasteiger partial charge in [-0.25, -0.2) is 0 Å². The normalized spacial score (nSPS) is 12.2. The van der Waals surface area contributed by atoms with Gasteiger partial charge in [0.15, 0.2) is 0 Å². The summed E-state index contributed by atoms with van der Waals surface area (Å²) in [5.74, 6) is 1.07. The molecule has 0 aromatic heterocycles. The van der Waals surface area contributed by atoms with Crippen molar-refractivity contribution < 1.29 is 8.95 Å². The van der Waals surface area contributed by atoms with Gasteiger partial charge in [-0.3, -0.25) is 4.21 Å². The monoisotopic (exact) mass is 309 g/mol. The van der Waals surface area contributed by atoms with Gasteiger partial charge < -0.3 is 10.5 Å². The van der Waals surface area contributed by atoms with Gasteiger partial charge in [-0.15, -0.1) is 0 Å². The van der Waals surface area contributed by atoms with E-state index in [1.807, 2.05) is 36.4 Å². The van der Waals surface area contributed by atoms with E-state index in [1.54, 1.807) is 13.2 Å². The van der Waals surface area contributed by atoms with Gasteiger partial charge in [-0.05, 0) is 35.4 Å². The molecule has 2 N–H and O–H groups in total. The van der Waals surface area contributed by atoms with Gasteiger partial charge in [0.1, 0.15) is 5.75 Å². The van der Waals surface area contributed by atoms with Gasteiger partial charge in [0.05, 0.1) is 23.7 Å². The number of nitrogens with two attached hydrogens (primary N) is 1. The minimum atomic E-state index is -1.16. The van der Waals surface area contributed by atoms with Crippen LogP contribution in [0.3, 0.4) is 0 Å². The first-order valence-corrected chi connectivity index (χ1v) is 7.83. The van der Waals surface area contributed by atoms with Gasteiger partial charge in [0, 0.05) is 16.5 Å². The van der Waals surface area contributed by atoms with Crippen LogP contribution in [0, 0.1) is 0 Å². The first kappa shape index (κ1) is 15.0. The van der Waals surface area contributed by atoms with Crippen LogP contribution in [-0.2, 0) is 23.1 Å². The molecule has 106 valence electrons. The lowest BCUT2D eigenvalue weighted by Gasteiger charge is -2.07. The molecule has 0 bridgehead atoms. The van der Waals surface area contributed by atoms with Crippen LogP contribution < -0.4 is 10.5 Å². The summed E-state index contributed by atoms with van der Waals surface area (Å²) in [4.78, 5) is 0.725. The molecule has 0 aliphatic heterocycles. The third-order valence-electron chi connectivity index (χ3n) is 2.94. The first-order valence-electron chi connectivity index (χ1n) is 6.14. The smallest absolute Gasteiger partial charge is 0.120 e. The predicted molar refractivity (Wildman–Crippen MR) is 82.4 cm³/mol. The molecule has 0 amide bonds. The van der Waals surface area contributed by atoms with Crippen molar-refractivity contribution in [1.29, 1.82) is 0 Å². The topological polar surface area (TPSA) is 52.3 Å². The van der Waals surface area contributed by atoms with E-state index in [1.165, 1.54) is 0 Å². The molecule has 2 rings (SSSR count).